The summed E-state index contributed by atoms with van der Waals surface area (Å²) in [5.41, 5.74) is 1.33. The zero-order chi connectivity index (χ0) is 21.0. The smallest absolute Gasteiger partial charge is 0.338 e. The number of rotatable bonds is 7. The number of esters is 1. The molecule has 0 radical (unpaired) electrons. The van der Waals surface area contributed by atoms with E-state index in [2.05, 4.69) is 5.32 Å². The number of benzene rings is 2. The number of amides is 2. The second-order valence-corrected chi connectivity index (χ2v) is 7.16. The lowest BCUT2D eigenvalue weighted by atomic mass is 10.1. The predicted molar refractivity (Wildman–Crippen MR) is 107 cm³/mol. The first-order valence-electron chi connectivity index (χ1n) is 8.77. The average Bonchev–Trinajstić information content (AvgIpc) is 2.96. The van der Waals surface area contributed by atoms with Crippen molar-refractivity contribution < 1.29 is 29.0 Å². The van der Waals surface area contributed by atoms with Crippen LogP contribution in [-0.4, -0.2) is 45.1 Å². The number of carbonyl (C=O) groups excluding carboxylic acids is 3. The van der Waals surface area contributed by atoms with Gasteiger partial charge in [-0.05, 0) is 48.5 Å². The molecule has 0 saturated carbocycles. The minimum Gasteiger partial charge on any atom is -0.478 e. The quantitative estimate of drug-likeness (QED) is 0.664. The topological polar surface area (TPSA) is 113 Å². The minimum atomic E-state index is -1.13. The third-order valence-corrected chi connectivity index (χ3v) is 5.16. The number of hydrogen-bond donors (Lipinski definition) is 2. The van der Waals surface area contributed by atoms with E-state index in [1.165, 1.54) is 6.07 Å². The lowest BCUT2D eigenvalue weighted by Gasteiger charge is -2.16. The van der Waals surface area contributed by atoms with Gasteiger partial charge in [-0.2, -0.15) is 0 Å². The molecule has 1 atom stereocenters. The van der Waals surface area contributed by atoms with Gasteiger partial charge in [-0.3, -0.25) is 14.5 Å². The van der Waals surface area contributed by atoms with Gasteiger partial charge in [0.15, 0.2) is 5.37 Å². The van der Waals surface area contributed by atoms with Gasteiger partial charge in [0.25, 0.3) is 11.1 Å². The molecule has 1 fully saturated rings. The third-order valence-electron chi connectivity index (χ3n) is 4.18. The fraction of sp³-hybridized carbons (Fsp3) is 0.200. The molecule has 2 aromatic rings. The molecule has 1 saturated heterocycles. The van der Waals surface area contributed by atoms with Crippen molar-refractivity contribution in [2.24, 2.45) is 0 Å². The van der Waals surface area contributed by atoms with Gasteiger partial charge < -0.3 is 15.2 Å². The Kier molecular flexibility index (Phi) is 6.18. The molecule has 0 unspecified atom stereocenters. The van der Waals surface area contributed by atoms with Crippen LogP contribution in [-0.2, 0) is 16.1 Å². The van der Waals surface area contributed by atoms with Crippen molar-refractivity contribution in [3.8, 4) is 0 Å². The summed E-state index contributed by atoms with van der Waals surface area (Å²) in [5.74, 6) is -2.03. The maximum atomic E-state index is 12.7. The van der Waals surface area contributed by atoms with Crippen LogP contribution in [0.4, 0.5) is 10.5 Å². The minimum absolute atomic E-state index is 0.0151. The number of thioether (sulfide) groups is 1. The molecule has 0 bridgehead atoms. The van der Waals surface area contributed by atoms with Gasteiger partial charge in [-0.25, -0.2) is 9.59 Å². The summed E-state index contributed by atoms with van der Waals surface area (Å²) in [5, 5.41) is 10.7. The van der Waals surface area contributed by atoms with Crippen molar-refractivity contribution in [3.63, 3.8) is 0 Å². The monoisotopic (exact) mass is 414 g/mol. The van der Waals surface area contributed by atoms with E-state index >= 15 is 0 Å². The molecular weight excluding hydrogens is 396 g/mol. The number of anilines is 1. The molecule has 2 amide bonds. The van der Waals surface area contributed by atoms with Crippen LogP contribution in [0.25, 0.3) is 0 Å². The molecule has 0 aliphatic carbocycles. The third kappa shape index (κ3) is 4.57. The Morgan fingerprint density at radius 1 is 1.14 bits per heavy atom. The molecule has 1 aliphatic rings. The van der Waals surface area contributed by atoms with E-state index in [9.17, 15) is 24.3 Å². The number of ether oxygens (including phenoxy) is 1. The molecule has 3 rings (SSSR count). The average molecular weight is 414 g/mol. The van der Waals surface area contributed by atoms with E-state index in [-0.39, 0.29) is 24.4 Å². The fourth-order valence-corrected chi connectivity index (χ4v) is 3.66. The maximum absolute atomic E-state index is 12.7. The highest BCUT2D eigenvalue weighted by molar-refractivity contribution is 8.15. The van der Waals surface area contributed by atoms with Crippen LogP contribution in [0.5, 0.6) is 0 Å². The summed E-state index contributed by atoms with van der Waals surface area (Å²) in [6.45, 7) is 2.04. The Labute approximate surface area is 170 Å². The van der Waals surface area contributed by atoms with Crippen LogP contribution in [0, 0.1) is 0 Å². The van der Waals surface area contributed by atoms with E-state index < -0.39 is 28.5 Å². The molecule has 150 valence electrons. The van der Waals surface area contributed by atoms with Gasteiger partial charge in [-0.15, -0.1) is 0 Å². The normalized spacial score (nSPS) is 16.0. The van der Waals surface area contributed by atoms with Crippen molar-refractivity contribution in [1.29, 1.82) is 0 Å². The highest BCUT2D eigenvalue weighted by atomic mass is 32.2. The van der Waals surface area contributed by atoms with E-state index in [1.54, 1.807) is 49.4 Å². The van der Waals surface area contributed by atoms with Gasteiger partial charge in [0.1, 0.15) is 0 Å². The number of para-hydroxylation sites is 1. The summed E-state index contributed by atoms with van der Waals surface area (Å²) >= 11 is 0.790. The van der Waals surface area contributed by atoms with Gasteiger partial charge >= 0.3 is 11.9 Å². The van der Waals surface area contributed by atoms with Crippen LogP contribution >= 0.6 is 11.8 Å². The molecule has 0 spiro atoms. The molecular formula is C20H18N2O6S. The van der Waals surface area contributed by atoms with Gasteiger partial charge in [0, 0.05) is 5.69 Å². The first-order chi connectivity index (χ1) is 13.9. The lowest BCUT2D eigenvalue weighted by molar-refractivity contribution is -0.126. The number of nitrogens with zero attached hydrogens (tertiary/aromatic N) is 1. The molecule has 1 aliphatic heterocycles. The van der Waals surface area contributed by atoms with Crippen molar-refractivity contribution in [3.05, 3.63) is 65.2 Å². The van der Waals surface area contributed by atoms with Crippen molar-refractivity contribution in [2.75, 3.05) is 11.9 Å². The Morgan fingerprint density at radius 3 is 2.48 bits per heavy atom. The number of carbonyl (C=O) groups is 4. The first-order valence-corrected chi connectivity index (χ1v) is 9.65. The molecule has 2 aromatic carbocycles. The number of aromatic carboxylic acids is 1. The Bertz CT molecular complexity index is 960. The highest BCUT2D eigenvalue weighted by Crippen LogP contribution is 2.30. The van der Waals surface area contributed by atoms with Crippen LogP contribution in [0.2, 0.25) is 0 Å². The number of hydrogen-bond acceptors (Lipinski definition) is 7. The fourth-order valence-electron chi connectivity index (χ4n) is 2.76. The molecule has 9 heteroatoms. The largest absolute Gasteiger partial charge is 0.478 e. The van der Waals surface area contributed by atoms with Gasteiger partial charge in [0.05, 0.1) is 24.3 Å². The molecule has 8 nitrogen and oxygen atoms in total. The van der Waals surface area contributed by atoms with Crippen molar-refractivity contribution >= 4 is 40.5 Å². The summed E-state index contributed by atoms with van der Waals surface area (Å²) in [6, 6.07) is 12.6. The lowest BCUT2D eigenvalue weighted by Crippen LogP contribution is -2.34. The highest BCUT2D eigenvalue weighted by Gasteiger charge is 2.40. The number of nitrogens with one attached hydrogen (secondary N) is 1. The Balaban J connectivity index is 1.70. The standard InChI is InChI=1S/C20H18N2O6S/c1-2-28-19(26)13-9-7-12(8-10-13)11-22-17(23)16(29-20(22)27)21-15-6-4-3-5-14(15)18(24)25/h3-10,16,21H,2,11H2,1H3,(H,24,25)/t16-/m1/s1. The van der Waals surface area contributed by atoms with Gasteiger partial charge in [0.2, 0.25) is 0 Å². The van der Waals surface area contributed by atoms with Crippen LogP contribution in [0.15, 0.2) is 48.5 Å². The summed E-state index contributed by atoms with van der Waals surface area (Å²) in [6.07, 6.45) is 0. The number of carboxylic acid groups (broad SMARTS) is 1. The maximum Gasteiger partial charge on any atom is 0.338 e. The molecule has 2 N–H and O–H groups in total. The predicted octanol–water partition coefficient (Wildman–Crippen LogP) is 3.20. The number of carboxylic acids is 1. The van der Waals surface area contributed by atoms with E-state index in [0.717, 1.165) is 16.7 Å². The SMILES string of the molecule is CCOC(=O)c1ccc(CN2C(=O)S[C@@H](Nc3ccccc3C(=O)O)C2=O)cc1. The van der Waals surface area contributed by atoms with Crippen LogP contribution < -0.4 is 5.32 Å². The first kappa shape index (κ1) is 20.4. The van der Waals surface area contributed by atoms with E-state index in [1.807, 2.05) is 0 Å². The van der Waals surface area contributed by atoms with Crippen LogP contribution in [0.1, 0.15) is 33.2 Å². The Hall–Kier alpha value is -3.33. The molecule has 1 heterocycles. The Morgan fingerprint density at radius 2 is 1.83 bits per heavy atom. The summed E-state index contributed by atoms with van der Waals surface area (Å²) in [7, 11) is 0. The zero-order valence-electron chi connectivity index (χ0n) is 15.5. The second kappa shape index (κ2) is 8.78. The van der Waals surface area contributed by atoms with E-state index in [4.69, 9.17) is 4.74 Å². The second-order valence-electron chi connectivity index (χ2n) is 6.10. The number of imide groups is 1. The van der Waals surface area contributed by atoms with Gasteiger partial charge in [-0.1, -0.05) is 24.3 Å². The van der Waals surface area contributed by atoms with E-state index in [0.29, 0.717) is 11.1 Å². The van der Waals surface area contributed by atoms with Crippen molar-refractivity contribution in [1.82, 2.24) is 4.90 Å². The zero-order valence-corrected chi connectivity index (χ0v) is 16.3. The van der Waals surface area contributed by atoms with Crippen LogP contribution in [0.3, 0.4) is 0 Å². The van der Waals surface area contributed by atoms with Crippen molar-refractivity contribution in [2.45, 2.75) is 18.8 Å². The summed E-state index contributed by atoms with van der Waals surface area (Å²) in [4.78, 5) is 49.1. The molecule has 0 aromatic heterocycles. The molecule has 29 heavy (non-hydrogen) atoms. The summed E-state index contributed by atoms with van der Waals surface area (Å²) < 4.78 is 4.92.